The first-order valence-corrected chi connectivity index (χ1v) is 9.36. The summed E-state index contributed by atoms with van der Waals surface area (Å²) in [6.07, 6.45) is 0.677. The minimum Gasteiger partial charge on any atom is -0.469 e. The van der Waals surface area contributed by atoms with Gasteiger partial charge in [0, 0.05) is 18.2 Å². The van der Waals surface area contributed by atoms with E-state index in [-0.39, 0.29) is 17.5 Å². The Morgan fingerprint density at radius 2 is 1.69 bits per heavy atom. The van der Waals surface area contributed by atoms with Crippen molar-refractivity contribution in [3.8, 4) is 5.75 Å². The molecule has 146 valence electrons. The van der Waals surface area contributed by atoms with Crippen molar-refractivity contribution in [2.24, 2.45) is 0 Å². The van der Waals surface area contributed by atoms with E-state index in [9.17, 15) is 14.9 Å². The van der Waals surface area contributed by atoms with Crippen LogP contribution in [-0.4, -0.2) is 22.4 Å². The van der Waals surface area contributed by atoms with Gasteiger partial charge < -0.3 is 14.9 Å². The molecule has 1 aliphatic rings. The van der Waals surface area contributed by atoms with Gasteiger partial charge in [0.2, 0.25) is 6.10 Å². The molecule has 0 radical (unpaired) electrons. The summed E-state index contributed by atoms with van der Waals surface area (Å²) in [5.74, 6) is -0.0238. The van der Waals surface area contributed by atoms with Crippen LogP contribution in [0.4, 0.5) is 11.6 Å². The first kappa shape index (κ1) is 18.6. The number of nitro groups is 1. The van der Waals surface area contributed by atoms with Gasteiger partial charge in [-0.1, -0.05) is 60.7 Å². The van der Waals surface area contributed by atoms with E-state index in [1.165, 1.54) is 22.6 Å². The van der Waals surface area contributed by atoms with E-state index in [4.69, 9.17) is 4.74 Å². The third kappa shape index (κ3) is 3.94. The molecule has 0 N–H and O–H groups in total. The van der Waals surface area contributed by atoms with E-state index >= 15 is 0 Å². The maximum atomic E-state index is 13.2. The van der Waals surface area contributed by atoms with Gasteiger partial charge in [0.1, 0.15) is 0 Å². The first-order chi connectivity index (χ1) is 14.1. The Morgan fingerprint density at radius 3 is 2.38 bits per heavy atom. The van der Waals surface area contributed by atoms with E-state index in [1.54, 1.807) is 0 Å². The largest absolute Gasteiger partial charge is 0.469 e. The highest BCUT2D eigenvalue weighted by molar-refractivity contribution is 5.99. The molecule has 0 saturated carbocycles. The number of carbonyl (C=O) groups excluding carboxylic acids is 1. The molecule has 29 heavy (non-hydrogen) atoms. The van der Waals surface area contributed by atoms with Crippen molar-refractivity contribution < 1.29 is 14.5 Å². The lowest BCUT2D eigenvalue weighted by Crippen LogP contribution is -2.42. The van der Waals surface area contributed by atoms with Gasteiger partial charge in [-0.2, -0.15) is 0 Å². The van der Waals surface area contributed by atoms with Gasteiger partial charge in [-0.15, -0.1) is 0 Å². The lowest BCUT2D eigenvalue weighted by Gasteiger charge is -2.31. The highest BCUT2D eigenvalue weighted by Crippen LogP contribution is 2.38. The number of ether oxygens (including phenoxy) is 1. The van der Waals surface area contributed by atoms with Crippen molar-refractivity contribution in [3.05, 3.63) is 94.0 Å². The van der Waals surface area contributed by atoms with E-state index in [2.05, 4.69) is 4.98 Å². The van der Waals surface area contributed by atoms with E-state index < -0.39 is 11.0 Å². The van der Waals surface area contributed by atoms with Crippen molar-refractivity contribution in [2.75, 3.05) is 11.4 Å². The maximum Gasteiger partial charge on any atom is 0.366 e. The number of pyridine rings is 1. The van der Waals surface area contributed by atoms with Crippen LogP contribution in [0.1, 0.15) is 23.7 Å². The van der Waals surface area contributed by atoms with Crippen LogP contribution in [0.2, 0.25) is 0 Å². The summed E-state index contributed by atoms with van der Waals surface area (Å²) in [4.78, 5) is 29.4. The molecule has 4 rings (SSSR count). The van der Waals surface area contributed by atoms with Gasteiger partial charge in [0.15, 0.2) is 5.75 Å². The minimum absolute atomic E-state index is 0.199. The third-order valence-electron chi connectivity index (χ3n) is 4.79. The molecule has 1 aromatic heterocycles. The Morgan fingerprint density at radius 1 is 1.00 bits per heavy atom. The summed E-state index contributed by atoms with van der Waals surface area (Å²) in [5.41, 5.74) is 1.90. The van der Waals surface area contributed by atoms with Crippen LogP contribution in [0.3, 0.4) is 0 Å². The summed E-state index contributed by atoms with van der Waals surface area (Å²) in [7, 11) is 0. The van der Waals surface area contributed by atoms with Gasteiger partial charge in [0.05, 0.1) is 0 Å². The van der Waals surface area contributed by atoms with Crippen LogP contribution in [0.15, 0.2) is 72.8 Å². The number of aromatic nitrogens is 1. The standard InChI is InChI=1S/C22H19N3O4/c26-22-20(17-11-5-2-6-12-17)29-18-13-14-19(25(27)28)23-21(18)24(22)15-7-10-16-8-3-1-4-9-16/h1-6,8-9,11-14,20H,7,10,15H2. The van der Waals surface area contributed by atoms with Crippen molar-refractivity contribution in [1.82, 2.24) is 4.98 Å². The van der Waals surface area contributed by atoms with Gasteiger partial charge in [-0.25, -0.2) is 0 Å². The van der Waals surface area contributed by atoms with Crippen LogP contribution >= 0.6 is 0 Å². The summed E-state index contributed by atoms with van der Waals surface area (Å²) >= 11 is 0. The fourth-order valence-corrected chi connectivity index (χ4v) is 3.38. The maximum absolute atomic E-state index is 13.2. The summed E-state index contributed by atoms with van der Waals surface area (Å²) in [6.45, 7) is 0.390. The van der Waals surface area contributed by atoms with Gasteiger partial charge in [-0.05, 0) is 34.4 Å². The monoisotopic (exact) mass is 389 g/mol. The highest BCUT2D eigenvalue weighted by Gasteiger charge is 2.39. The van der Waals surface area contributed by atoms with Gasteiger partial charge in [0.25, 0.3) is 11.7 Å². The molecular formula is C22H19N3O4. The zero-order valence-corrected chi connectivity index (χ0v) is 15.6. The number of aryl methyl sites for hydroxylation is 1. The Kier molecular flexibility index (Phi) is 5.20. The smallest absolute Gasteiger partial charge is 0.366 e. The lowest BCUT2D eigenvalue weighted by molar-refractivity contribution is -0.389. The molecule has 0 saturated heterocycles. The summed E-state index contributed by atoms with van der Waals surface area (Å²) < 4.78 is 5.88. The van der Waals surface area contributed by atoms with Crippen molar-refractivity contribution in [1.29, 1.82) is 0 Å². The SMILES string of the molecule is O=C1C(c2ccccc2)Oc2ccc([N+](=O)[O-])nc2N1CCCc1ccccc1. The zero-order valence-electron chi connectivity index (χ0n) is 15.6. The molecule has 1 aliphatic heterocycles. The zero-order chi connectivity index (χ0) is 20.2. The number of amides is 1. The molecule has 0 aliphatic carbocycles. The second-order valence-corrected chi connectivity index (χ2v) is 6.74. The van der Waals surface area contributed by atoms with Gasteiger partial charge in [-0.3, -0.25) is 9.69 Å². The number of fused-ring (bicyclic) bond motifs is 1. The number of nitrogens with zero attached hydrogens (tertiary/aromatic N) is 3. The fourth-order valence-electron chi connectivity index (χ4n) is 3.38. The molecule has 7 nitrogen and oxygen atoms in total. The lowest BCUT2D eigenvalue weighted by atomic mass is 10.1. The molecule has 3 aromatic rings. The quantitative estimate of drug-likeness (QED) is 0.468. The van der Waals surface area contributed by atoms with Crippen LogP contribution in [0, 0.1) is 10.1 Å². The van der Waals surface area contributed by atoms with E-state index in [0.717, 1.165) is 12.0 Å². The number of hydrogen-bond donors (Lipinski definition) is 0. The van der Waals surface area contributed by atoms with Crippen molar-refractivity contribution in [3.63, 3.8) is 0 Å². The molecule has 1 amide bonds. The summed E-state index contributed by atoms with van der Waals surface area (Å²) in [5, 5.41) is 11.2. The Hall–Kier alpha value is -3.74. The number of rotatable bonds is 6. The van der Waals surface area contributed by atoms with Crippen molar-refractivity contribution >= 4 is 17.5 Å². The number of carbonyl (C=O) groups is 1. The number of anilines is 1. The van der Waals surface area contributed by atoms with E-state index in [0.29, 0.717) is 18.7 Å². The van der Waals surface area contributed by atoms with Crippen LogP contribution in [-0.2, 0) is 11.2 Å². The molecule has 0 bridgehead atoms. The second-order valence-electron chi connectivity index (χ2n) is 6.74. The molecule has 0 spiro atoms. The average molecular weight is 389 g/mol. The minimum atomic E-state index is -0.802. The van der Waals surface area contributed by atoms with Crippen molar-refractivity contribution in [2.45, 2.75) is 18.9 Å². The van der Waals surface area contributed by atoms with Crippen LogP contribution in [0.5, 0.6) is 5.75 Å². The van der Waals surface area contributed by atoms with Crippen LogP contribution in [0.25, 0.3) is 0 Å². The summed E-state index contributed by atoms with van der Waals surface area (Å²) in [6, 6.07) is 22.0. The first-order valence-electron chi connectivity index (χ1n) is 9.36. The van der Waals surface area contributed by atoms with Gasteiger partial charge >= 0.3 is 5.82 Å². The van der Waals surface area contributed by atoms with Crippen LogP contribution < -0.4 is 9.64 Å². The highest BCUT2D eigenvalue weighted by atomic mass is 16.6. The molecule has 0 fully saturated rings. The molecule has 1 atom stereocenters. The van der Waals surface area contributed by atoms with E-state index in [1.807, 2.05) is 60.7 Å². The molecular weight excluding hydrogens is 370 g/mol. The average Bonchev–Trinajstić information content (AvgIpc) is 2.76. The fraction of sp³-hybridized carbons (Fsp3) is 0.182. The second kappa shape index (κ2) is 8.10. The molecule has 1 unspecified atom stereocenters. The third-order valence-corrected chi connectivity index (χ3v) is 4.79. The Balaban J connectivity index is 1.63. The molecule has 2 aromatic carbocycles. The Bertz CT molecular complexity index is 1020. The molecule has 2 heterocycles. The number of hydrogen-bond acceptors (Lipinski definition) is 5. The number of benzene rings is 2. The molecule has 7 heteroatoms. The normalized spacial score (nSPS) is 15.5. The topological polar surface area (TPSA) is 85.6 Å². The predicted octanol–water partition coefficient (Wildman–Crippen LogP) is 4.09. The predicted molar refractivity (Wildman–Crippen MR) is 108 cm³/mol. The Labute approximate surface area is 167 Å².